The number of nitrogens with one attached hydrogen (secondary N) is 1. The van der Waals surface area contributed by atoms with Gasteiger partial charge in [0.1, 0.15) is 0 Å². The molecular formula is C21H24N2O4. The molecule has 0 fully saturated rings. The highest BCUT2D eigenvalue weighted by atomic mass is 16.5. The topological polar surface area (TPSA) is 96.8 Å². The maximum Gasteiger partial charge on any atom is 0.332 e. The Hall–Kier alpha value is -2.67. The van der Waals surface area contributed by atoms with Gasteiger partial charge in [0, 0.05) is 36.1 Å². The number of carboxylic acid groups (broad SMARTS) is 1. The monoisotopic (exact) mass is 368 g/mol. The van der Waals surface area contributed by atoms with Crippen LogP contribution in [0.4, 0.5) is 0 Å². The van der Waals surface area contributed by atoms with Gasteiger partial charge in [0.25, 0.3) is 0 Å². The lowest BCUT2D eigenvalue weighted by Crippen LogP contribution is -2.22. The Morgan fingerprint density at radius 2 is 1.78 bits per heavy atom. The summed E-state index contributed by atoms with van der Waals surface area (Å²) in [5, 5.41) is 30.9. The molecule has 0 bridgehead atoms. The molecule has 2 aromatic carbocycles. The number of aliphatic hydroxyl groups is 1. The maximum absolute atomic E-state index is 10.7. The molecule has 0 spiro atoms. The summed E-state index contributed by atoms with van der Waals surface area (Å²) in [7, 11) is 0. The number of nitrogens with zero attached hydrogens (tertiary/aromatic N) is 1. The Morgan fingerprint density at radius 1 is 1.11 bits per heavy atom. The van der Waals surface area contributed by atoms with Gasteiger partial charge in [-0.2, -0.15) is 5.06 Å². The van der Waals surface area contributed by atoms with Gasteiger partial charge in [0.2, 0.25) is 0 Å². The van der Waals surface area contributed by atoms with Gasteiger partial charge in [-0.1, -0.05) is 42.5 Å². The molecule has 0 radical (unpaired) electrons. The van der Waals surface area contributed by atoms with Crippen LogP contribution < -0.4 is 0 Å². The summed E-state index contributed by atoms with van der Waals surface area (Å²) in [6, 6.07) is 15.4. The summed E-state index contributed by atoms with van der Waals surface area (Å²) < 4.78 is 0. The fourth-order valence-electron chi connectivity index (χ4n) is 3.28. The van der Waals surface area contributed by atoms with Crippen molar-refractivity contribution in [2.45, 2.75) is 32.4 Å². The Kier molecular flexibility index (Phi) is 5.91. The number of H-pyrrole nitrogens is 1. The second-order valence-corrected chi connectivity index (χ2v) is 6.79. The Bertz CT molecular complexity index is 918. The Labute approximate surface area is 157 Å². The first-order chi connectivity index (χ1) is 12.9. The quantitative estimate of drug-likeness (QED) is 0.459. The van der Waals surface area contributed by atoms with Gasteiger partial charge in [-0.15, -0.1) is 0 Å². The molecule has 27 heavy (non-hydrogen) atoms. The van der Waals surface area contributed by atoms with Crippen LogP contribution in [0.2, 0.25) is 0 Å². The van der Waals surface area contributed by atoms with Gasteiger partial charge < -0.3 is 20.4 Å². The minimum absolute atomic E-state index is 0.0678. The number of aromatic amines is 1. The molecule has 1 atom stereocenters. The van der Waals surface area contributed by atoms with Crippen LogP contribution in [-0.2, 0) is 24.2 Å². The molecule has 0 unspecified atom stereocenters. The lowest BCUT2D eigenvalue weighted by molar-refractivity contribution is -0.146. The number of aromatic nitrogens is 1. The number of aliphatic carboxylic acids is 1. The molecule has 142 valence electrons. The van der Waals surface area contributed by atoms with Gasteiger partial charge >= 0.3 is 5.97 Å². The van der Waals surface area contributed by atoms with E-state index < -0.39 is 12.1 Å². The summed E-state index contributed by atoms with van der Waals surface area (Å²) in [5.74, 6) is -1.23. The molecule has 0 saturated carbocycles. The maximum atomic E-state index is 10.7. The molecule has 0 aliphatic rings. The number of rotatable bonds is 8. The predicted molar refractivity (Wildman–Crippen MR) is 103 cm³/mol. The second kappa shape index (κ2) is 8.35. The van der Waals surface area contributed by atoms with E-state index in [0.717, 1.165) is 28.8 Å². The lowest BCUT2D eigenvalue weighted by atomic mass is 10.1. The number of carboxylic acids is 1. The number of aliphatic hydroxyl groups excluding tert-OH is 1. The van der Waals surface area contributed by atoms with E-state index in [1.807, 2.05) is 37.3 Å². The summed E-state index contributed by atoms with van der Waals surface area (Å²) in [5.41, 5.74) is 5.09. The van der Waals surface area contributed by atoms with E-state index in [0.29, 0.717) is 13.1 Å². The first kappa shape index (κ1) is 19.1. The minimum atomic E-state index is -1.40. The van der Waals surface area contributed by atoms with Crippen LogP contribution >= 0.6 is 0 Å². The number of aryl methyl sites for hydroxylation is 1. The van der Waals surface area contributed by atoms with Gasteiger partial charge in [-0.05, 0) is 36.1 Å². The van der Waals surface area contributed by atoms with Crippen molar-refractivity contribution in [3.8, 4) is 0 Å². The highest BCUT2D eigenvalue weighted by Gasteiger charge is 2.14. The molecule has 3 aromatic rings. The van der Waals surface area contributed by atoms with E-state index in [1.165, 1.54) is 16.0 Å². The van der Waals surface area contributed by atoms with Crippen molar-refractivity contribution < 1.29 is 20.2 Å². The second-order valence-electron chi connectivity index (χ2n) is 6.79. The van der Waals surface area contributed by atoms with Crippen LogP contribution in [0.3, 0.4) is 0 Å². The fourth-order valence-corrected chi connectivity index (χ4v) is 3.28. The summed E-state index contributed by atoms with van der Waals surface area (Å²) in [4.78, 5) is 14.1. The van der Waals surface area contributed by atoms with Gasteiger partial charge in [0.15, 0.2) is 6.10 Å². The van der Waals surface area contributed by atoms with Crippen LogP contribution in [-0.4, -0.2) is 44.1 Å². The number of carbonyl (C=O) groups is 1. The molecule has 4 N–H and O–H groups in total. The number of para-hydroxylation sites is 1. The van der Waals surface area contributed by atoms with Crippen LogP contribution in [0.15, 0.2) is 48.5 Å². The van der Waals surface area contributed by atoms with Crippen molar-refractivity contribution >= 4 is 16.9 Å². The predicted octanol–water partition coefficient (Wildman–Crippen LogP) is 2.90. The third-order valence-corrected chi connectivity index (χ3v) is 4.75. The number of fused-ring (bicyclic) bond motifs is 1. The van der Waals surface area contributed by atoms with Crippen molar-refractivity contribution in [3.05, 3.63) is 70.9 Å². The third-order valence-electron chi connectivity index (χ3n) is 4.75. The molecule has 0 amide bonds. The Balaban J connectivity index is 1.57. The average Bonchev–Trinajstić information content (AvgIpc) is 2.96. The van der Waals surface area contributed by atoms with Crippen LogP contribution in [0, 0.1) is 6.92 Å². The lowest BCUT2D eigenvalue weighted by Gasteiger charge is -2.15. The van der Waals surface area contributed by atoms with Crippen molar-refractivity contribution in [2.75, 3.05) is 6.54 Å². The standard InChI is InChI=1S/C21H24N2O4/c1-14-17(18-4-2-3-5-19(18)22-14)10-11-23(27)13-16-8-6-15(7-9-16)12-20(24)21(25)26/h2-9,20,22,24,27H,10-13H2,1H3,(H,25,26)/t20-/m1/s1. The van der Waals surface area contributed by atoms with E-state index >= 15 is 0 Å². The van der Waals surface area contributed by atoms with Gasteiger partial charge in [-0.3, -0.25) is 0 Å². The zero-order chi connectivity index (χ0) is 19.4. The molecule has 0 aliphatic carbocycles. The van der Waals surface area contributed by atoms with Crippen molar-refractivity contribution in [1.29, 1.82) is 0 Å². The summed E-state index contributed by atoms with van der Waals surface area (Å²) in [6.07, 6.45) is -0.599. The molecule has 6 nitrogen and oxygen atoms in total. The molecule has 3 rings (SSSR count). The van der Waals surface area contributed by atoms with E-state index in [-0.39, 0.29) is 6.42 Å². The molecule has 6 heteroatoms. The highest BCUT2D eigenvalue weighted by molar-refractivity contribution is 5.84. The van der Waals surface area contributed by atoms with Crippen LogP contribution in [0.1, 0.15) is 22.4 Å². The number of hydroxylamine groups is 2. The van der Waals surface area contributed by atoms with Gasteiger partial charge in [0.05, 0.1) is 0 Å². The van der Waals surface area contributed by atoms with Gasteiger partial charge in [-0.25, -0.2) is 4.79 Å². The van der Waals surface area contributed by atoms with Crippen molar-refractivity contribution in [3.63, 3.8) is 0 Å². The zero-order valence-electron chi connectivity index (χ0n) is 15.2. The van der Waals surface area contributed by atoms with E-state index in [1.54, 1.807) is 12.1 Å². The highest BCUT2D eigenvalue weighted by Crippen LogP contribution is 2.22. The van der Waals surface area contributed by atoms with E-state index in [4.69, 9.17) is 5.11 Å². The summed E-state index contributed by atoms with van der Waals surface area (Å²) >= 11 is 0. The average molecular weight is 368 g/mol. The first-order valence-corrected chi connectivity index (χ1v) is 8.92. The van der Waals surface area contributed by atoms with Crippen LogP contribution in [0.25, 0.3) is 10.9 Å². The minimum Gasteiger partial charge on any atom is -0.479 e. The largest absolute Gasteiger partial charge is 0.479 e. The first-order valence-electron chi connectivity index (χ1n) is 8.92. The summed E-state index contributed by atoms with van der Waals surface area (Å²) in [6.45, 7) is 2.92. The normalized spacial score (nSPS) is 12.6. The molecule has 1 aromatic heterocycles. The van der Waals surface area contributed by atoms with E-state index in [2.05, 4.69) is 11.1 Å². The fraction of sp³-hybridized carbons (Fsp3) is 0.286. The number of hydrogen-bond acceptors (Lipinski definition) is 4. The molecule has 1 heterocycles. The van der Waals surface area contributed by atoms with Crippen molar-refractivity contribution in [1.82, 2.24) is 10.0 Å². The smallest absolute Gasteiger partial charge is 0.332 e. The third kappa shape index (κ3) is 4.74. The van der Waals surface area contributed by atoms with Crippen LogP contribution in [0.5, 0.6) is 0 Å². The number of hydrogen-bond donors (Lipinski definition) is 4. The van der Waals surface area contributed by atoms with E-state index in [9.17, 15) is 15.1 Å². The molecular weight excluding hydrogens is 344 g/mol. The Morgan fingerprint density at radius 3 is 2.48 bits per heavy atom. The van der Waals surface area contributed by atoms with Crippen molar-refractivity contribution in [2.24, 2.45) is 0 Å². The number of benzene rings is 2. The SMILES string of the molecule is Cc1[nH]c2ccccc2c1CCN(O)Cc1ccc(C[C@@H](O)C(=O)O)cc1. The molecule has 0 saturated heterocycles. The molecule has 0 aliphatic heterocycles. The zero-order valence-corrected chi connectivity index (χ0v) is 15.2.